The number of benzene rings is 2. The number of aryl methyl sites for hydroxylation is 1. The zero-order valence-electron chi connectivity index (χ0n) is 21.3. The molecule has 39 heavy (non-hydrogen) atoms. The minimum Gasteiger partial charge on any atom is -0.394 e. The van der Waals surface area contributed by atoms with Crippen LogP contribution in [0.25, 0.3) is 16.7 Å². The van der Waals surface area contributed by atoms with Crippen LogP contribution < -0.4 is 11.1 Å². The van der Waals surface area contributed by atoms with Gasteiger partial charge in [-0.1, -0.05) is 23.8 Å². The first-order valence-corrected chi connectivity index (χ1v) is 13.8. The summed E-state index contributed by atoms with van der Waals surface area (Å²) in [6.45, 7) is 5.87. The first kappa shape index (κ1) is 26.4. The number of allylic oxidation sites excluding steroid dienone is 1. The van der Waals surface area contributed by atoms with E-state index in [4.69, 9.17) is 15.9 Å². The summed E-state index contributed by atoms with van der Waals surface area (Å²) in [5.41, 5.74) is 10.0. The highest BCUT2D eigenvalue weighted by atomic mass is 32.2. The summed E-state index contributed by atoms with van der Waals surface area (Å²) in [5.74, 6) is -0.301. The Bertz CT molecular complexity index is 1660. The van der Waals surface area contributed by atoms with E-state index in [1.54, 1.807) is 12.1 Å². The SMILES string of the molecule is Cc1ccc(S(=O)(=O)n2ccc(C(=O)NC(C=N)=C(N)c3nc4ccc(CN5CCOCC5)cc4[nH]3)c2)cc1. The molecule has 2 aromatic carbocycles. The number of nitrogens with two attached hydrogens (primary N) is 1. The number of H-pyrrole nitrogens is 1. The molecule has 0 unspecified atom stereocenters. The number of morpholine rings is 1. The highest BCUT2D eigenvalue weighted by Gasteiger charge is 2.20. The monoisotopic (exact) mass is 547 g/mol. The Hall–Kier alpha value is -4.26. The highest BCUT2D eigenvalue weighted by molar-refractivity contribution is 7.90. The maximum absolute atomic E-state index is 12.9. The van der Waals surface area contributed by atoms with E-state index in [9.17, 15) is 13.2 Å². The molecule has 0 radical (unpaired) electrons. The summed E-state index contributed by atoms with van der Waals surface area (Å²) < 4.78 is 32.2. The molecule has 1 amide bonds. The minimum absolute atomic E-state index is 0.0294. The van der Waals surface area contributed by atoms with E-state index in [0.29, 0.717) is 11.3 Å². The van der Waals surface area contributed by atoms with Gasteiger partial charge < -0.3 is 26.2 Å². The third-order valence-electron chi connectivity index (χ3n) is 6.52. The topological polar surface area (TPSA) is 159 Å². The van der Waals surface area contributed by atoms with Crippen molar-refractivity contribution in [3.8, 4) is 0 Å². The van der Waals surface area contributed by atoms with Gasteiger partial charge in [-0.15, -0.1) is 0 Å². The normalized spacial score (nSPS) is 15.2. The number of imidazole rings is 1. The van der Waals surface area contributed by atoms with Crippen LogP contribution in [-0.4, -0.2) is 65.7 Å². The number of carbonyl (C=O) groups is 1. The number of nitrogens with zero attached hydrogens (tertiary/aromatic N) is 3. The Morgan fingerprint density at radius 2 is 1.92 bits per heavy atom. The van der Waals surface area contributed by atoms with Gasteiger partial charge in [0.05, 0.1) is 40.4 Å². The molecule has 1 saturated heterocycles. The van der Waals surface area contributed by atoms with Crippen LogP contribution in [0.4, 0.5) is 0 Å². The van der Waals surface area contributed by atoms with Crippen molar-refractivity contribution in [2.75, 3.05) is 26.3 Å². The Morgan fingerprint density at radius 3 is 2.64 bits per heavy atom. The highest BCUT2D eigenvalue weighted by Crippen LogP contribution is 2.20. The second-order valence-electron chi connectivity index (χ2n) is 9.30. The smallest absolute Gasteiger partial charge is 0.267 e. The van der Waals surface area contributed by atoms with Gasteiger partial charge in [0.2, 0.25) is 0 Å². The Kier molecular flexibility index (Phi) is 7.33. The van der Waals surface area contributed by atoms with Crippen molar-refractivity contribution in [1.82, 2.24) is 24.2 Å². The number of ether oxygens (including phenoxy) is 1. The van der Waals surface area contributed by atoms with E-state index < -0.39 is 15.9 Å². The number of fused-ring (bicyclic) bond motifs is 1. The number of amides is 1. The Morgan fingerprint density at radius 1 is 1.18 bits per heavy atom. The van der Waals surface area contributed by atoms with E-state index in [2.05, 4.69) is 20.2 Å². The third kappa shape index (κ3) is 5.62. The van der Waals surface area contributed by atoms with Gasteiger partial charge >= 0.3 is 0 Å². The standard InChI is InChI=1S/C27H29N7O4S/c1-18-2-5-21(6-3-18)39(36,37)34-9-8-20(17-34)27(35)32-24(15-28)25(29)26-30-22-7-4-19(14-23(22)31-26)16-33-10-12-38-13-11-33/h2-9,14-15,17,28H,10-13,16,29H2,1H3,(H,30,31)(H,32,35). The van der Waals surface area contributed by atoms with Gasteiger partial charge in [-0.3, -0.25) is 9.69 Å². The van der Waals surface area contributed by atoms with Crippen LogP contribution in [0.5, 0.6) is 0 Å². The van der Waals surface area contributed by atoms with Gasteiger partial charge in [0.15, 0.2) is 5.82 Å². The molecule has 0 atom stereocenters. The lowest BCUT2D eigenvalue weighted by Crippen LogP contribution is -2.35. The molecule has 5 N–H and O–H groups in total. The molecule has 1 aliphatic rings. The van der Waals surface area contributed by atoms with Gasteiger partial charge in [-0.25, -0.2) is 17.4 Å². The van der Waals surface area contributed by atoms with Crippen molar-refractivity contribution in [2.45, 2.75) is 18.4 Å². The molecule has 1 fully saturated rings. The minimum atomic E-state index is -3.86. The van der Waals surface area contributed by atoms with E-state index in [-0.39, 0.29) is 21.9 Å². The molecule has 11 nitrogen and oxygen atoms in total. The number of hydrogen-bond acceptors (Lipinski definition) is 8. The van der Waals surface area contributed by atoms with E-state index in [1.165, 1.54) is 30.6 Å². The van der Waals surface area contributed by atoms with Crippen LogP contribution in [-0.2, 0) is 21.3 Å². The number of aromatic amines is 1. The van der Waals surface area contributed by atoms with Crippen molar-refractivity contribution in [3.63, 3.8) is 0 Å². The van der Waals surface area contributed by atoms with E-state index in [1.807, 2.05) is 25.1 Å². The van der Waals surface area contributed by atoms with Crippen molar-refractivity contribution in [1.29, 1.82) is 5.41 Å². The summed E-state index contributed by atoms with van der Waals surface area (Å²) in [6, 6.07) is 13.7. The molecule has 0 aliphatic carbocycles. The Balaban J connectivity index is 1.34. The average molecular weight is 548 g/mol. The molecular formula is C27H29N7O4S. The molecule has 12 heteroatoms. The van der Waals surface area contributed by atoms with E-state index in [0.717, 1.165) is 59.7 Å². The maximum atomic E-state index is 12.9. The lowest BCUT2D eigenvalue weighted by molar-refractivity contribution is 0.0342. The number of rotatable bonds is 8. The molecular weight excluding hydrogens is 518 g/mol. The van der Waals surface area contributed by atoms with Crippen molar-refractivity contribution >= 4 is 38.9 Å². The van der Waals surface area contributed by atoms with Crippen molar-refractivity contribution in [3.05, 3.63) is 89.1 Å². The van der Waals surface area contributed by atoms with Crippen LogP contribution >= 0.6 is 0 Å². The summed E-state index contributed by atoms with van der Waals surface area (Å²) in [6.07, 6.45) is 3.44. The first-order chi connectivity index (χ1) is 18.7. The molecule has 0 spiro atoms. The molecule has 1 aliphatic heterocycles. The van der Waals surface area contributed by atoms with Gasteiger partial charge in [0, 0.05) is 38.2 Å². The molecule has 5 rings (SSSR count). The largest absolute Gasteiger partial charge is 0.394 e. The lowest BCUT2D eigenvalue weighted by atomic mass is 10.2. The van der Waals surface area contributed by atoms with Crippen LogP contribution in [0.2, 0.25) is 0 Å². The van der Waals surface area contributed by atoms with Crippen LogP contribution in [0.15, 0.2) is 71.5 Å². The van der Waals surface area contributed by atoms with Crippen LogP contribution in [0, 0.1) is 12.3 Å². The number of hydrogen-bond donors (Lipinski definition) is 4. The summed E-state index contributed by atoms with van der Waals surface area (Å²) >= 11 is 0. The predicted molar refractivity (Wildman–Crippen MR) is 148 cm³/mol. The quantitative estimate of drug-likeness (QED) is 0.247. The lowest BCUT2D eigenvalue weighted by Gasteiger charge is -2.26. The first-order valence-electron chi connectivity index (χ1n) is 12.4. The van der Waals surface area contributed by atoms with Gasteiger partial charge in [-0.05, 0) is 42.8 Å². The van der Waals surface area contributed by atoms with Gasteiger partial charge in [-0.2, -0.15) is 0 Å². The summed E-state index contributed by atoms with van der Waals surface area (Å²) in [7, 11) is -3.86. The maximum Gasteiger partial charge on any atom is 0.267 e. The fourth-order valence-electron chi connectivity index (χ4n) is 4.30. The van der Waals surface area contributed by atoms with Crippen LogP contribution in [0.1, 0.15) is 27.3 Å². The fraction of sp³-hybridized carbons (Fsp3) is 0.222. The van der Waals surface area contributed by atoms with Crippen molar-refractivity contribution in [2.24, 2.45) is 5.73 Å². The number of nitrogens with one attached hydrogen (secondary N) is 3. The molecule has 2 aromatic heterocycles. The second-order valence-corrected chi connectivity index (χ2v) is 11.1. The molecule has 202 valence electrons. The van der Waals surface area contributed by atoms with Gasteiger partial charge in [0.1, 0.15) is 5.70 Å². The molecule has 4 aromatic rings. The van der Waals surface area contributed by atoms with Crippen LogP contribution in [0.3, 0.4) is 0 Å². The molecule has 0 saturated carbocycles. The van der Waals surface area contributed by atoms with Crippen molar-refractivity contribution < 1.29 is 17.9 Å². The number of carbonyl (C=O) groups excluding carboxylic acids is 1. The third-order valence-corrected chi connectivity index (χ3v) is 8.17. The zero-order valence-corrected chi connectivity index (χ0v) is 22.2. The Labute approximate surface area is 225 Å². The molecule has 0 bridgehead atoms. The second kappa shape index (κ2) is 10.8. The predicted octanol–water partition coefficient (Wildman–Crippen LogP) is 2.45. The fourth-order valence-corrected chi connectivity index (χ4v) is 5.49. The zero-order chi connectivity index (χ0) is 27.6. The van der Waals surface area contributed by atoms with E-state index >= 15 is 0 Å². The molecule has 3 heterocycles. The number of aromatic nitrogens is 3. The van der Waals surface area contributed by atoms with Gasteiger partial charge in [0.25, 0.3) is 15.9 Å². The summed E-state index contributed by atoms with van der Waals surface area (Å²) in [5, 5.41) is 10.4. The average Bonchev–Trinajstić information content (AvgIpc) is 3.60. The summed E-state index contributed by atoms with van der Waals surface area (Å²) in [4.78, 5) is 23.0.